The normalized spacial score (nSPS) is 19.8. The Bertz CT molecular complexity index is 2580. The number of nitrogens with zero attached hydrogens (tertiary/aromatic N) is 10. The van der Waals surface area contributed by atoms with Crippen molar-refractivity contribution in [1.29, 1.82) is 0 Å². The van der Waals surface area contributed by atoms with E-state index in [1.54, 1.807) is 34.7 Å². The molecule has 2 amide bonds. The van der Waals surface area contributed by atoms with E-state index in [1.807, 2.05) is 18.7 Å². The summed E-state index contributed by atoms with van der Waals surface area (Å²) in [6.07, 6.45) is 4.09. The van der Waals surface area contributed by atoms with Gasteiger partial charge in [-0.2, -0.15) is 0 Å². The van der Waals surface area contributed by atoms with Gasteiger partial charge in [0.1, 0.15) is 17.1 Å². The number of carbonyl (C=O) groups is 2. The molecule has 2 aromatic carbocycles. The number of anilines is 2. The molecule has 65 heavy (non-hydrogen) atoms. The van der Waals surface area contributed by atoms with Crippen molar-refractivity contribution in [3.8, 4) is 22.9 Å². The molecule has 3 aromatic heterocycles. The molecule has 17 nitrogen and oxygen atoms in total. The molecular weight excluding hydrogens is 847 g/mol. The van der Waals surface area contributed by atoms with E-state index in [2.05, 4.69) is 53.8 Å². The van der Waals surface area contributed by atoms with Gasteiger partial charge in [0.15, 0.2) is 11.6 Å². The van der Waals surface area contributed by atoms with E-state index in [0.29, 0.717) is 94.9 Å². The Hall–Kier alpha value is -5.50. The maximum absolute atomic E-state index is 13.7. The number of nitrogen functional groups attached to an aromatic ring is 1. The number of hydrogen-bond acceptors (Lipinski definition) is 16. The number of rotatable bonds is 10. The SMILES string of the molecule is CC(C)c1cc(C(=O)N2Cc3ccc(CN4CCN(C5CN(C(=O)C6(O)CCN(Cc7cc8nc(-c9cnc(N)nc9)nc(N9CCOCC9)c8s7)CC6)C5)CC4)cc3C2)c(O)cc1O. The second kappa shape index (κ2) is 17.7. The number of morpholine rings is 1. The monoisotopic (exact) mass is 903 g/mol. The Morgan fingerprint density at radius 3 is 2.28 bits per heavy atom. The zero-order chi connectivity index (χ0) is 45.0. The molecule has 10 rings (SSSR count). The maximum atomic E-state index is 13.7. The molecule has 5 aromatic rings. The average Bonchev–Trinajstić information content (AvgIpc) is 3.91. The lowest BCUT2D eigenvalue weighted by Gasteiger charge is -2.50. The van der Waals surface area contributed by atoms with Crippen LogP contribution in [0.5, 0.6) is 11.5 Å². The first-order valence-electron chi connectivity index (χ1n) is 22.7. The van der Waals surface area contributed by atoms with Gasteiger partial charge in [-0.3, -0.25) is 24.3 Å². The minimum atomic E-state index is -1.35. The fourth-order valence-corrected chi connectivity index (χ4v) is 11.1. The van der Waals surface area contributed by atoms with Gasteiger partial charge < -0.3 is 40.5 Å². The first-order valence-corrected chi connectivity index (χ1v) is 23.6. The summed E-state index contributed by atoms with van der Waals surface area (Å²) in [6.45, 7) is 15.3. The first kappa shape index (κ1) is 43.4. The van der Waals surface area contributed by atoms with Gasteiger partial charge in [-0.1, -0.05) is 32.0 Å². The molecule has 8 heterocycles. The number of ether oxygens (including phenoxy) is 1. The van der Waals surface area contributed by atoms with Crippen LogP contribution in [0.25, 0.3) is 21.6 Å². The van der Waals surface area contributed by atoms with Gasteiger partial charge in [-0.05, 0) is 53.1 Å². The van der Waals surface area contributed by atoms with Gasteiger partial charge in [-0.25, -0.2) is 19.9 Å². The van der Waals surface area contributed by atoms with E-state index in [-0.39, 0.29) is 40.7 Å². The van der Waals surface area contributed by atoms with Crippen LogP contribution in [0.2, 0.25) is 0 Å². The number of phenolic OH excluding ortho intramolecular Hbond substituents is 2. The number of hydrogen-bond donors (Lipinski definition) is 4. The van der Waals surface area contributed by atoms with Crippen molar-refractivity contribution >= 4 is 45.1 Å². The minimum absolute atomic E-state index is 0.00381. The Balaban J connectivity index is 0.688. The van der Waals surface area contributed by atoms with Gasteiger partial charge in [0.05, 0.1) is 34.6 Å². The molecular formula is C47H57N11O6S. The van der Waals surface area contributed by atoms with Crippen molar-refractivity contribution in [1.82, 2.24) is 44.4 Å². The van der Waals surface area contributed by atoms with Crippen LogP contribution in [0, 0.1) is 0 Å². The summed E-state index contributed by atoms with van der Waals surface area (Å²) in [5.74, 6) is 1.04. The predicted molar refractivity (Wildman–Crippen MR) is 246 cm³/mol. The standard InChI is InChI=1S/C47H57N11O6S/c1-29(2)36-19-37(40(60)20-39(36)59)44(61)57-24-31-4-3-30(17-32(31)25-57)23-54-9-11-55(12-10-54)34-26-58(27-34)45(62)47(63)5-7-53(8-6-47)28-35-18-38-41(65-35)43(56-13-15-64-16-14-56)52-42(51-38)33-21-49-46(48)50-22-33/h3-4,17-22,29,34,59-60,63H,5-16,23-28H2,1-2H3,(H2,48,49,50). The summed E-state index contributed by atoms with van der Waals surface area (Å²) in [5.41, 5.74) is 10.2. The topological polar surface area (TPSA) is 201 Å². The first-order chi connectivity index (χ1) is 31.4. The van der Waals surface area contributed by atoms with Crippen molar-refractivity contribution in [3.05, 3.63) is 81.5 Å². The third-order valence-electron chi connectivity index (χ3n) is 13.9. The Kier molecular flexibility index (Phi) is 11.8. The van der Waals surface area contributed by atoms with E-state index in [0.717, 1.165) is 77.9 Å². The highest BCUT2D eigenvalue weighted by atomic mass is 32.1. The number of nitrogens with two attached hydrogens (primary N) is 1. The van der Waals surface area contributed by atoms with E-state index < -0.39 is 5.60 Å². The third kappa shape index (κ3) is 8.82. The lowest BCUT2D eigenvalue weighted by molar-refractivity contribution is -0.164. The summed E-state index contributed by atoms with van der Waals surface area (Å²) in [7, 11) is 0. The highest BCUT2D eigenvalue weighted by molar-refractivity contribution is 7.19. The predicted octanol–water partition coefficient (Wildman–Crippen LogP) is 3.61. The van der Waals surface area contributed by atoms with Gasteiger partial charge in [0.2, 0.25) is 5.95 Å². The number of thiophene rings is 1. The van der Waals surface area contributed by atoms with Crippen molar-refractivity contribution in [2.24, 2.45) is 0 Å². The lowest BCUT2D eigenvalue weighted by Crippen LogP contribution is -2.67. The number of aromatic nitrogens is 4. The van der Waals surface area contributed by atoms with Crippen LogP contribution < -0.4 is 10.6 Å². The summed E-state index contributed by atoms with van der Waals surface area (Å²) >= 11 is 1.69. The Morgan fingerprint density at radius 2 is 1.55 bits per heavy atom. The van der Waals surface area contributed by atoms with E-state index in [4.69, 9.17) is 20.4 Å². The molecule has 0 bridgehead atoms. The summed E-state index contributed by atoms with van der Waals surface area (Å²) in [6, 6.07) is 11.8. The van der Waals surface area contributed by atoms with E-state index >= 15 is 0 Å². The van der Waals surface area contributed by atoms with Crippen molar-refractivity contribution in [2.75, 3.05) is 89.3 Å². The second-order valence-electron chi connectivity index (χ2n) is 18.6. The second-order valence-corrected chi connectivity index (χ2v) is 19.7. The van der Waals surface area contributed by atoms with Crippen LogP contribution in [-0.4, -0.2) is 162 Å². The van der Waals surface area contributed by atoms with Gasteiger partial charge in [0, 0.05) is 121 Å². The number of aromatic hydroxyl groups is 2. The Morgan fingerprint density at radius 1 is 0.846 bits per heavy atom. The van der Waals surface area contributed by atoms with Crippen LogP contribution in [0.15, 0.2) is 48.8 Å². The quantitative estimate of drug-likeness (QED) is 0.158. The van der Waals surface area contributed by atoms with Crippen LogP contribution in [0.1, 0.15) is 70.1 Å². The molecule has 18 heteroatoms. The van der Waals surface area contributed by atoms with Crippen molar-refractivity contribution in [3.63, 3.8) is 0 Å². The number of carbonyl (C=O) groups excluding carboxylic acids is 2. The number of benzene rings is 2. The summed E-state index contributed by atoms with van der Waals surface area (Å²) in [4.78, 5) is 59.7. The van der Waals surface area contributed by atoms with Gasteiger partial charge >= 0.3 is 0 Å². The number of phenols is 2. The number of likely N-dealkylation sites (tertiary alicyclic amines) is 2. The highest BCUT2D eigenvalue weighted by Gasteiger charge is 2.46. The zero-order valence-electron chi connectivity index (χ0n) is 37.0. The molecule has 5 aliphatic rings. The fourth-order valence-electron chi connectivity index (χ4n) is 9.91. The van der Waals surface area contributed by atoms with E-state index in [9.17, 15) is 24.9 Å². The molecule has 0 radical (unpaired) electrons. The Labute approximate surface area is 382 Å². The average molecular weight is 904 g/mol. The molecule has 4 saturated heterocycles. The smallest absolute Gasteiger partial charge is 0.258 e. The van der Waals surface area contributed by atoms with E-state index in [1.165, 1.54) is 11.6 Å². The largest absolute Gasteiger partial charge is 0.508 e. The number of aliphatic hydroxyl groups is 1. The number of piperidine rings is 1. The number of piperazine rings is 1. The van der Waals surface area contributed by atoms with Gasteiger partial charge in [-0.15, -0.1) is 11.3 Å². The summed E-state index contributed by atoms with van der Waals surface area (Å²) in [5, 5.41) is 32.4. The number of amides is 2. The molecule has 0 aliphatic carbocycles. The molecule has 0 spiro atoms. The van der Waals surface area contributed by atoms with Crippen molar-refractivity contribution in [2.45, 2.75) is 70.4 Å². The lowest BCUT2D eigenvalue weighted by atomic mass is 9.88. The maximum Gasteiger partial charge on any atom is 0.258 e. The van der Waals surface area contributed by atoms with Crippen LogP contribution in [0.4, 0.5) is 11.8 Å². The minimum Gasteiger partial charge on any atom is -0.508 e. The molecule has 0 atom stereocenters. The molecule has 4 fully saturated rings. The highest BCUT2D eigenvalue weighted by Crippen LogP contribution is 2.38. The van der Waals surface area contributed by atoms with Gasteiger partial charge in [0.25, 0.3) is 11.8 Å². The molecule has 342 valence electrons. The summed E-state index contributed by atoms with van der Waals surface area (Å²) < 4.78 is 6.65. The van der Waals surface area contributed by atoms with Crippen LogP contribution >= 0.6 is 11.3 Å². The number of fused-ring (bicyclic) bond motifs is 2. The van der Waals surface area contributed by atoms with Crippen LogP contribution in [0.3, 0.4) is 0 Å². The molecule has 0 saturated carbocycles. The molecule has 0 unspecified atom stereocenters. The molecule has 5 N–H and O–H groups in total. The zero-order valence-corrected chi connectivity index (χ0v) is 37.8. The molecule has 5 aliphatic heterocycles. The fraction of sp³-hybridized carbons (Fsp3) is 0.489. The third-order valence-corrected chi connectivity index (χ3v) is 15.0. The van der Waals surface area contributed by atoms with Crippen molar-refractivity contribution < 1.29 is 29.6 Å². The van der Waals surface area contributed by atoms with Crippen LogP contribution in [-0.2, 0) is 35.7 Å².